The summed E-state index contributed by atoms with van der Waals surface area (Å²) in [5.74, 6) is -0.371. The van der Waals surface area contributed by atoms with E-state index in [0.29, 0.717) is 6.42 Å². The monoisotopic (exact) mass is 533 g/mol. The summed E-state index contributed by atoms with van der Waals surface area (Å²) in [5.41, 5.74) is 6.47. The molecule has 0 unspecified atom stereocenters. The predicted octanol–water partition coefficient (Wildman–Crippen LogP) is 5.94. The van der Waals surface area contributed by atoms with Crippen LogP contribution in [0.3, 0.4) is 0 Å². The first kappa shape index (κ1) is 25.6. The van der Waals surface area contributed by atoms with E-state index in [-0.39, 0.29) is 24.5 Å². The molecule has 0 aromatic heterocycles. The SMILES string of the molecule is C[C@H](NC(=O)OCC1c2ccccc2-c2ccccc21)C(=O)N[C@H]1C[C@H](c2ccccc2)ON1c1ccccc1. The molecule has 7 nitrogen and oxygen atoms in total. The van der Waals surface area contributed by atoms with Crippen molar-refractivity contribution in [1.29, 1.82) is 0 Å². The van der Waals surface area contributed by atoms with Crippen molar-refractivity contribution < 1.29 is 19.2 Å². The number of ether oxygens (including phenoxy) is 1. The molecule has 202 valence electrons. The lowest BCUT2D eigenvalue weighted by Gasteiger charge is -2.26. The van der Waals surface area contributed by atoms with Crippen molar-refractivity contribution in [3.05, 3.63) is 126 Å². The highest BCUT2D eigenvalue weighted by atomic mass is 16.7. The van der Waals surface area contributed by atoms with Gasteiger partial charge in [0.05, 0.1) is 5.69 Å². The maximum atomic E-state index is 13.2. The first-order chi connectivity index (χ1) is 19.6. The maximum absolute atomic E-state index is 13.2. The van der Waals surface area contributed by atoms with Crippen LogP contribution in [0, 0.1) is 0 Å². The average molecular weight is 534 g/mol. The Morgan fingerprint density at radius 3 is 2.08 bits per heavy atom. The van der Waals surface area contributed by atoms with Gasteiger partial charge in [0, 0.05) is 12.3 Å². The molecule has 2 N–H and O–H groups in total. The fourth-order valence-electron chi connectivity index (χ4n) is 5.52. The van der Waals surface area contributed by atoms with Crippen LogP contribution in [0.4, 0.5) is 10.5 Å². The lowest BCUT2D eigenvalue weighted by Crippen LogP contribution is -2.51. The van der Waals surface area contributed by atoms with E-state index in [1.165, 1.54) is 0 Å². The molecule has 4 aromatic carbocycles. The van der Waals surface area contributed by atoms with Gasteiger partial charge in [-0.1, -0.05) is 97.1 Å². The summed E-state index contributed by atoms with van der Waals surface area (Å²) >= 11 is 0. The van der Waals surface area contributed by atoms with E-state index in [2.05, 4.69) is 34.9 Å². The molecule has 0 spiro atoms. The van der Waals surface area contributed by atoms with E-state index >= 15 is 0 Å². The van der Waals surface area contributed by atoms with E-state index < -0.39 is 18.3 Å². The van der Waals surface area contributed by atoms with Crippen LogP contribution in [-0.4, -0.2) is 30.8 Å². The second kappa shape index (κ2) is 11.2. The molecule has 0 bridgehead atoms. The number of carbonyl (C=O) groups excluding carboxylic acids is 2. The Bertz CT molecular complexity index is 1450. The highest BCUT2D eigenvalue weighted by Gasteiger charge is 2.37. The molecule has 0 saturated carbocycles. The largest absolute Gasteiger partial charge is 0.449 e. The van der Waals surface area contributed by atoms with Gasteiger partial charge >= 0.3 is 6.09 Å². The van der Waals surface area contributed by atoms with Crippen molar-refractivity contribution in [3.63, 3.8) is 0 Å². The minimum atomic E-state index is -0.802. The first-order valence-electron chi connectivity index (χ1n) is 13.6. The number of nitrogens with one attached hydrogen (secondary N) is 2. The van der Waals surface area contributed by atoms with Crippen LogP contribution in [0.15, 0.2) is 109 Å². The normalized spacial score (nSPS) is 18.5. The zero-order valence-corrected chi connectivity index (χ0v) is 22.2. The predicted molar refractivity (Wildman–Crippen MR) is 153 cm³/mol. The number of rotatable bonds is 7. The number of para-hydroxylation sites is 1. The number of nitrogens with zero attached hydrogens (tertiary/aromatic N) is 1. The van der Waals surface area contributed by atoms with Gasteiger partial charge in [-0.3, -0.25) is 9.63 Å². The number of anilines is 1. The number of hydroxylamine groups is 1. The minimum Gasteiger partial charge on any atom is -0.449 e. The zero-order chi connectivity index (χ0) is 27.5. The molecule has 1 fully saturated rings. The fourth-order valence-corrected chi connectivity index (χ4v) is 5.52. The van der Waals surface area contributed by atoms with E-state index in [9.17, 15) is 9.59 Å². The minimum absolute atomic E-state index is 0.0488. The molecule has 3 atom stereocenters. The van der Waals surface area contributed by atoms with Crippen LogP contribution < -0.4 is 15.7 Å². The quantitative estimate of drug-likeness (QED) is 0.307. The number of hydrogen-bond donors (Lipinski definition) is 2. The number of carbonyl (C=O) groups is 2. The van der Waals surface area contributed by atoms with Gasteiger partial charge in [0.1, 0.15) is 24.9 Å². The van der Waals surface area contributed by atoms with E-state index in [1.807, 2.05) is 84.9 Å². The highest BCUT2D eigenvalue weighted by molar-refractivity contribution is 5.86. The highest BCUT2D eigenvalue weighted by Crippen LogP contribution is 2.44. The van der Waals surface area contributed by atoms with Crippen LogP contribution in [0.1, 0.15) is 42.1 Å². The van der Waals surface area contributed by atoms with Crippen molar-refractivity contribution in [1.82, 2.24) is 10.6 Å². The van der Waals surface area contributed by atoms with Crippen LogP contribution in [0.25, 0.3) is 11.1 Å². The van der Waals surface area contributed by atoms with Gasteiger partial charge < -0.3 is 15.4 Å². The maximum Gasteiger partial charge on any atom is 0.407 e. The fraction of sp³-hybridized carbons (Fsp3) is 0.212. The third kappa shape index (κ3) is 5.16. The van der Waals surface area contributed by atoms with Crippen molar-refractivity contribution in [3.8, 4) is 11.1 Å². The Morgan fingerprint density at radius 2 is 1.43 bits per heavy atom. The second-order valence-corrected chi connectivity index (χ2v) is 10.1. The molecule has 0 radical (unpaired) electrons. The summed E-state index contributed by atoms with van der Waals surface area (Å²) in [4.78, 5) is 32.2. The van der Waals surface area contributed by atoms with Gasteiger partial charge in [-0.15, -0.1) is 0 Å². The molecule has 1 aliphatic carbocycles. The Balaban J connectivity index is 1.08. The molecule has 2 amide bonds. The van der Waals surface area contributed by atoms with Crippen molar-refractivity contribution in [2.75, 3.05) is 11.7 Å². The van der Waals surface area contributed by atoms with Crippen molar-refractivity contribution >= 4 is 17.7 Å². The summed E-state index contributed by atoms with van der Waals surface area (Å²) in [6.07, 6.45) is -0.694. The molecule has 2 aliphatic rings. The third-order valence-electron chi connectivity index (χ3n) is 7.52. The van der Waals surface area contributed by atoms with Gasteiger partial charge in [0.2, 0.25) is 5.91 Å². The summed E-state index contributed by atoms with van der Waals surface area (Å²) in [6.45, 7) is 1.83. The molecule has 1 heterocycles. The molecule has 4 aromatic rings. The van der Waals surface area contributed by atoms with Gasteiger partial charge in [0.15, 0.2) is 0 Å². The summed E-state index contributed by atoms with van der Waals surface area (Å²) in [6, 6.07) is 35.1. The molecular formula is C33H31N3O4. The topological polar surface area (TPSA) is 79.9 Å². The summed E-state index contributed by atoms with van der Waals surface area (Å²) < 4.78 is 5.63. The summed E-state index contributed by atoms with van der Waals surface area (Å²) in [7, 11) is 0. The van der Waals surface area contributed by atoms with Crippen LogP contribution >= 0.6 is 0 Å². The van der Waals surface area contributed by atoms with E-state index in [4.69, 9.17) is 9.57 Å². The van der Waals surface area contributed by atoms with Gasteiger partial charge in [-0.25, -0.2) is 9.86 Å². The third-order valence-corrected chi connectivity index (χ3v) is 7.52. The van der Waals surface area contributed by atoms with E-state index in [0.717, 1.165) is 33.5 Å². The van der Waals surface area contributed by atoms with Crippen molar-refractivity contribution in [2.45, 2.75) is 37.6 Å². The second-order valence-electron chi connectivity index (χ2n) is 10.1. The molecule has 40 heavy (non-hydrogen) atoms. The van der Waals surface area contributed by atoms with E-state index in [1.54, 1.807) is 12.0 Å². The molecule has 1 aliphatic heterocycles. The van der Waals surface area contributed by atoms with Crippen LogP contribution in [-0.2, 0) is 14.4 Å². The number of fused-ring (bicyclic) bond motifs is 3. The lowest BCUT2D eigenvalue weighted by molar-refractivity contribution is -0.123. The van der Waals surface area contributed by atoms with Gasteiger partial charge in [-0.05, 0) is 46.9 Å². The lowest BCUT2D eigenvalue weighted by atomic mass is 9.98. The first-order valence-corrected chi connectivity index (χ1v) is 13.6. The molecule has 7 heteroatoms. The summed E-state index contributed by atoms with van der Waals surface area (Å²) in [5, 5.41) is 7.47. The average Bonchev–Trinajstić information content (AvgIpc) is 3.56. The Labute approximate surface area is 233 Å². The van der Waals surface area contributed by atoms with Gasteiger partial charge in [0.25, 0.3) is 0 Å². The Hall–Kier alpha value is -4.62. The van der Waals surface area contributed by atoms with Crippen LogP contribution in [0.2, 0.25) is 0 Å². The smallest absolute Gasteiger partial charge is 0.407 e. The molecule has 1 saturated heterocycles. The van der Waals surface area contributed by atoms with Gasteiger partial charge in [-0.2, -0.15) is 0 Å². The Kier molecular flexibility index (Phi) is 7.21. The Morgan fingerprint density at radius 1 is 0.850 bits per heavy atom. The van der Waals surface area contributed by atoms with Crippen LogP contribution in [0.5, 0.6) is 0 Å². The number of amides is 2. The standard InChI is InChI=1S/C33H31N3O4/c1-22(34-33(38)39-21-29-27-18-10-8-16-25(27)26-17-9-11-19-28(26)29)32(37)35-31-20-30(23-12-4-2-5-13-23)40-36(31)24-14-6-3-7-15-24/h2-19,22,29-31H,20-21H2,1H3,(H,34,38)(H,35,37)/t22-,30+,31+/m0/s1. The number of hydrogen-bond acceptors (Lipinski definition) is 5. The van der Waals surface area contributed by atoms with Crippen molar-refractivity contribution in [2.24, 2.45) is 0 Å². The zero-order valence-electron chi connectivity index (χ0n) is 22.2. The number of benzene rings is 4. The number of alkyl carbamates (subject to hydrolysis) is 1. The molecule has 6 rings (SSSR count). The molecular weight excluding hydrogens is 502 g/mol.